The van der Waals surface area contributed by atoms with E-state index in [2.05, 4.69) is 5.32 Å². The smallest absolute Gasteiger partial charge is 0.263 e. The van der Waals surface area contributed by atoms with Gasteiger partial charge in [-0.05, 0) is 25.0 Å². The third-order valence-electron chi connectivity index (χ3n) is 4.43. The highest BCUT2D eigenvalue weighted by atomic mass is 35.5. The van der Waals surface area contributed by atoms with Crippen LogP contribution in [0.2, 0.25) is 0 Å². The number of rotatable bonds is 3. The molecule has 0 radical (unpaired) electrons. The van der Waals surface area contributed by atoms with Crippen molar-refractivity contribution < 1.29 is 14.3 Å². The average Bonchev–Trinajstić information content (AvgIpc) is 2.61. The number of carbonyl (C=O) groups excluding carboxylic acids is 2. The van der Waals surface area contributed by atoms with Gasteiger partial charge in [0, 0.05) is 6.04 Å². The van der Waals surface area contributed by atoms with Crippen LogP contribution in [0.1, 0.15) is 32.1 Å². The van der Waals surface area contributed by atoms with Crippen LogP contribution in [0.5, 0.6) is 5.75 Å². The van der Waals surface area contributed by atoms with Crippen LogP contribution < -0.4 is 15.0 Å². The summed E-state index contributed by atoms with van der Waals surface area (Å²) in [4.78, 5) is 26.2. The van der Waals surface area contributed by atoms with E-state index in [1.54, 1.807) is 12.1 Å². The van der Waals surface area contributed by atoms with Crippen molar-refractivity contribution in [1.82, 2.24) is 5.32 Å². The van der Waals surface area contributed by atoms with Gasteiger partial charge < -0.3 is 15.0 Å². The first-order valence-electron chi connectivity index (χ1n) is 8.11. The number of benzene rings is 1. The topological polar surface area (TPSA) is 58.6 Å². The molecule has 1 heterocycles. The summed E-state index contributed by atoms with van der Waals surface area (Å²) in [6.45, 7) is 0.196. The molecule has 1 fully saturated rings. The summed E-state index contributed by atoms with van der Waals surface area (Å²) in [6, 6.07) is 7.44. The largest absolute Gasteiger partial charge is 0.477 e. The van der Waals surface area contributed by atoms with Crippen LogP contribution in [-0.2, 0) is 9.59 Å². The number of alkyl halides is 1. The summed E-state index contributed by atoms with van der Waals surface area (Å²) in [5, 5.41) is 3.06. The maximum atomic E-state index is 12.5. The fourth-order valence-corrected chi connectivity index (χ4v) is 3.36. The Morgan fingerprint density at radius 3 is 2.70 bits per heavy atom. The number of nitrogens with zero attached hydrogens (tertiary/aromatic N) is 1. The number of hydrogen-bond donors (Lipinski definition) is 1. The van der Waals surface area contributed by atoms with Gasteiger partial charge >= 0.3 is 0 Å². The number of nitrogens with one attached hydrogen (secondary N) is 1. The molecular weight excluding hydrogens is 316 g/mol. The maximum absolute atomic E-state index is 12.5. The lowest BCUT2D eigenvalue weighted by atomic mass is 9.95. The van der Waals surface area contributed by atoms with Gasteiger partial charge in [-0.3, -0.25) is 9.59 Å². The van der Waals surface area contributed by atoms with Gasteiger partial charge in [0.05, 0.1) is 12.2 Å². The molecule has 1 aromatic rings. The summed E-state index contributed by atoms with van der Waals surface area (Å²) in [7, 11) is 0. The zero-order chi connectivity index (χ0) is 16.2. The number of fused-ring (bicyclic) bond motifs is 1. The van der Waals surface area contributed by atoms with Crippen LogP contribution in [0.3, 0.4) is 0 Å². The van der Waals surface area contributed by atoms with Crippen LogP contribution in [0.4, 0.5) is 5.69 Å². The lowest BCUT2D eigenvalue weighted by Gasteiger charge is -2.35. The van der Waals surface area contributed by atoms with Crippen LogP contribution in [0, 0.1) is 0 Å². The van der Waals surface area contributed by atoms with E-state index in [9.17, 15) is 9.59 Å². The fourth-order valence-electron chi connectivity index (χ4n) is 3.22. The van der Waals surface area contributed by atoms with Gasteiger partial charge in [0.15, 0.2) is 6.10 Å². The van der Waals surface area contributed by atoms with E-state index < -0.39 is 6.10 Å². The number of halogens is 1. The second-order valence-corrected chi connectivity index (χ2v) is 6.32. The van der Waals surface area contributed by atoms with Gasteiger partial charge in [-0.2, -0.15) is 0 Å². The highest BCUT2D eigenvalue weighted by Crippen LogP contribution is 2.33. The van der Waals surface area contributed by atoms with E-state index >= 15 is 0 Å². The van der Waals surface area contributed by atoms with Crippen molar-refractivity contribution in [2.45, 2.75) is 44.2 Å². The Bertz CT molecular complexity index is 587. The first kappa shape index (κ1) is 16.1. The van der Waals surface area contributed by atoms with Gasteiger partial charge in [0.25, 0.3) is 5.91 Å². The number of para-hydroxylation sites is 2. The van der Waals surface area contributed by atoms with Gasteiger partial charge in [-0.1, -0.05) is 31.4 Å². The lowest BCUT2D eigenvalue weighted by Crippen LogP contribution is -2.53. The highest BCUT2D eigenvalue weighted by Gasteiger charge is 2.34. The lowest BCUT2D eigenvalue weighted by molar-refractivity contribution is -0.129. The van der Waals surface area contributed by atoms with Crippen LogP contribution >= 0.6 is 11.6 Å². The number of amides is 2. The average molecular weight is 337 g/mol. The van der Waals surface area contributed by atoms with Gasteiger partial charge in [0.1, 0.15) is 11.6 Å². The van der Waals surface area contributed by atoms with Gasteiger partial charge in [-0.25, -0.2) is 0 Å². The molecule has 124 valence electrons. The maximum Gasteiger partial charge on any atom is 0.263 e. The Balaban J connectivity index is 1.73. The first-order chi connectivity index (χ1) is 11.2. The van der Waals surface area contributed by atoms with Crippen molar-refractivity contribution in [2.75, 3.05) is 17.3 Å². The molecule has 6 heteroatoms. The molecule has 1 aliphatic heterocycles. The molecule has 2 aliphatic rings. The molecule has 1 atom stereocenters. The molecule has 1 aliphatic carbocycles. The Morgan fingerprint density at radius 1 is 1.22 bits per heavy atom. The normalized spacial score (nSPS) is 21.3. The van der Waals surface area contributed by atoms with Crippen molar-refractivity contribution in [2.24, 2.45) is 0 Å². The predicted molar refractivity (Wildman–Crippen MR) is 88.9 cm³/mol. The van der Waals surface area contributed by atoms with E-state index in [4.69, 9.17) is 16.3 Å². The first-order valence-corrected chi connectivity index (χ1v) is 8.65. The zero-order valence-electron chi connectivity index (χ0n) is 13.0. The van der Waals surface area contributed by atoms with Crippen molar-refractivity contribution in [3.05, 3.63) is 24.3 Å². The molecule has 3 rings (SSSR count). The number of anilines is 1. The molecular formula is C17H21ClN2O3. The van der Waals surface area contributed by atoms with Gasteiger partial charge in [-0.15, -0.1) is 11.6 Å². The van der Waals surface area contributed by atoms with Crippen molar-refractivity contribution >= 4 is 29.1 Å². The number of carbonyl (C=O) groups is 2. The Kier molecular flexibility index (Phi) is 5.06. The SMILES string of the molecule is O=C(NC1CCCCC1)C1CN(C(=O)CCl)c2ccccc2O1. The summed E-state index contributed by atoms with van der Waals surface area (Å²) in [5.74, 6) is 0.0448. The van der Waals surface area contributed by atoms with Crippen molar-refractivity contribution in [1.29, 1.82) is 0 Å². The summed E-state index contributed by atoms with van der Waals surface area (Å²) in [5.41, 5.74) is 0.667. The van der Waals surface area contributed by atoms with E-state index in [-0.39, 0.29) is 30.3 Å². The monoisotopic (exact) mass is 336 g/mol. The van der Waals surface area contributed by atoms with Crippen molar-refractivity contribution in [3.63, 3.8) is 0 Å². The molecule has 23 heavy (non-hydrogen) atoms. The third kappa shape index (κ3) is 3.61. The van der Waals surface area contributed by atoms with Crippen molar-refractivity contribution in [3.8, 4) is 5.75 Å². The number of ether oxygens (including phenoxy) is 1. The highest BCUT2D eigenvalue weighted by molar-refractivity contribution is 6.29. The fraction of sp³-hybridized carbons (Fsp3) is 0.529. The standard InChI is InChI=1S/C17H21ClN2O3/c18-10-16(21)20-11-15(23-14-9-5-4-8-13(14)20)17(22)19-12-6-2-1-3-7-12/h4-5,8-9,12,15H,1-3,6-7,10-11H2,(H,19,22). The van der Waals surface area contributed by atoms with E-state index in [1.807, 2.05) is 12.1 Å². The summed E-state index contributed by atoms with van der Waals surface area (Å²) < 4.78 is 5.81. The third-order valence-corrected chi connectivity index (χ3v) is 4.66. The minimum absolute atomic E-state index is 0.120. The molecule has 0 bridgehead atoms. The molecule has 1 aromatic carbocycles. The molecule has 1 unspecified atom stereocenters. The van der Waals surface area contributed by atoms with E-state index in [0.29, 0.717) is 11.4 Å². The quantitative estimate of drug-likeness (QED) is 0.863. The predicted octanol–water partition coefficient (Wildman–Crippen LogP) is 2.47. The molecule has 0 spiro atoms. The zero-order valence-corrected chi connectivity index (χ0v) is 13.7. The summed E-state index contributed by atoms with van der Waals surface area (Å²) >= 11 is 5.70. The summed E-state index contributed by atoms with van der Waals surface area (Å²) in [6.07, 6.45) is 4.86. The molecule has 5 nitrogen and oxygen atoms in total. The Morgan fingerprint density at radius 2 is 1.96 bits per heavy atom. The Labute approximate surface area is 140 Å². The van der Waals surface area contributed by atoms with Crippen LogP contribution in [0.25, 0.3) is 0 Å². The second-order valence-electron chi connectivity index (χ2n) is 6.06. The second kappa shape index (κ2) is 7.21. The minimum atomic E-state index is -0.695. The molecule has 0 aromatic heterocycles. The molecule has 0 saturated heterocycles. The van der Waals surface area contributed by atoms with Crippen LogP contribution in [-0.4, -0.2) is 36.4 Å². The molecule has 1 saturated carbocycles. The Hall–Kier alpha value is -1.75. The van der Waals surface area contributed by atoms with E-state index in [0.717, 1.165) is 25.7 Å². The van der Waals surface area contributed by atoms with Crippen LogP contribution in [0.15, 0.2) is 24.3 Å². The molecule has 2 amide bonds. The number of hydrogen-bond acceptors (Lipinski definition) is 3. The minimum Gasteiger partial charge on any atom is -0.477 e. The van der Waals surface area contributed by atoms with Gasteiger partial charge in [0.2, 0.25) is 5.91 Å². The van der Waals surface area contributed by atoms with E-state index in [1.165, 1.54) is 11.3 Å². The molecule has 1 N–H and O–H groups in total.